The predicted octanol–water partition coefficient (Wildman–Crippen LogP) is 3.91. The summed E-state index contributed by atoms with van der Waals surface area (Å²) in [4.78, 5) is 19.2. The molecule has 4 aromatic rings. The Morgan fingerprint density at radius 1 is 1.19 bits per heavy atom. The molecule has 0 unspecified atom stereocenters. The topological polar surface area (TPSA) is 55.4 Å². The Bertz CT molecular complexity index is 1320. The molecule has 6 nitrogen and oxygen atoms in total. The maximum Gasteiger partial charge on any atom is 0.256 e. The van der Waals surface area contributed by atoms with Crippen LogP contribution in [0.4, 0.5) is 13.2 Å². The Morgan fingerprint density at radius 3 is 2.68 bits per heavy atom. The summed E-state index contributed by atoms with van der Waals surface area (Å²) in [6.45, 7) is 2.28. The molecular formula is C22H18F3N5O. The van der Waals surface area contributed by atoms with Crippen LogP contribution in [0.3, 0.4) is 0 Å². The van der Waals surface area contributed by atoms with E-state index in [1.54, 1.807) is 41.0 Å². The van der Waals surface area contributed by atoms with Gasteiger partial charge in [0.15, 0.2) is 17.5 Å². The molecule has 0 radical (unpaired) electrons. The quantitative estimate of drug-likeness (QED) is 0.458. The largest absolute Gasteiger partial charge is 0.330 e. The fourth-order valence-electron chi connectivity index (χ4n) is 4.36. The lowest BCUT2D eigenvalue weighted by Crippen LogP contribution is -2.39. The van der Waals surface area contributed by atoms with Crippen LogP contribution < -0.4 is 0 Å². The normalized spacial score (nSPS) is 16.0. The standard InChI is InChI=1S/C22H18F3N5O/c1-12-20-15(21(28(2)27-20)13-8-16(23)19(25)17(24)9-13)5-7-30(12)22(31)14-4-3-6-29-11-26-10-18(14)29/h3-4,6,8-12H,5,7H2,1-2H3/t12-/m0/s1. The summed E-state index contributed by atoms with van der Waals surface area (Å²) < 4.78 is 44.4. The van der Waals surface area contributed by atoms with E-state index in [2.05, 4.69) is 10.1 Å². The molecular weight excluding hydrogens is 407 g/mol. The summed E-state index contributed by atoms with van der Waals surface area (Å²) in [5.74, 6) is -4.15. The molecule has 1 atom stereocenters. The third-order valence-electron chi connectivity index (χ3n) is 5.84. The van der Waals surface area contributed by atoms with Crippen molar-refractivity contribution in [3.05, 3.63) is 77.3 Å². The second kappa shape index (κ2) is 6.97. The first-order valence-electron chi connectivity index (χ1n) is 9.79. The number of amides is 1. The number of hydrogen-bond acceptors (Lipinski definition) is 3. The number of fused-ring (bicyclic) bond motifs is 2. The molecule has 0 saturated heterocycles. The average molecular weight is 425 g/mol. The van der Waals surface area contributed by atoms with Gasteiger partial charge in [0.25, 0.3) is 5.91 Å². The van der Waals surface area contributed by atoms with Crippen LogP contribution >= 0.6 is 0 Å². The fraction of sp³-hybridized carbons (Fsp3) is 0.227. The molecule has 1 aromatic carbocycles. The van der Waals surface area contributed by atoms with Crippen LogP contribution in [0.25, 0.3) is 16.8 Å². The highest BCUT2D eigenvalue weighted by Gasteiger charge is 2.34. The van der Waals surface area contributed by atoms with Crippen LogP contribution in [0.15, 0.2) is 43.0 Å². The van der Waals surface area contributed by atoms with Crippen molar-refractivity contribution in [2.45, 2.75) is 19.4 Å². The van der Waals surface area contributed by atoms with E-state index in [0.29, 0.717) is 35.4 Å². The maximum atomic E-state index is 13.8. The van der Waals surface area contributed by atoms with Crippen molar-refractivity contribution in [1.29, 1.82) is 0 Å². The van der Waals surface area contributed by atoms with Gasteiger partial charge in [0.1, 0.15) is 0 Å². The Balaban J connectivity index is 1.54. The zero-order valence-electron chi connectivity index (χ0n) is 16.8. The van der Waals surface area contributed by atoms with Crippen LogP contribution in [-0.4, -0.2) is 36.5 Å². The molecule has 3 aromatic heterocycles. The number of imidazole rings is 1. The molecule has 9 heteroatoms. The minimum absolute atomic E-state index is 0.143. The van der Waals surface area contributed by atoms with Gasteiger partial charge >= 0.3 is 0 Å². The lowest BCUT2D eigenvalue weighted by atomic mass is 9.95. The number of hydrogen-bond donors (Lipinski definition) is 0. The number of pyridine rings is 1. The van der Waals surface area contributed by atoms with E-state index in [1.807, 2.05) is 13.1 Å². The van der Waals surface area contributed by atoms with Gasteiger partial charge in [-0.1, -0.05) is 0 Å². The lowest BCUT2D eigenvalue weighted by molar-refractivity contribution is 0.0675. The zero-order valence-corrected chi connectivity index (χ0v) is 16.8. The number of aryl methyl sites for hydroxylation is 1. The summed E-state index contributed by atoms with van der Waals surface area (Å²) in [7, 11) is 1.67. The van der Waals surface area contributed by atoms with Crippen molar-refractivity contribution < 1.29 is 18.0 Å². The van der Waals surface area contributed by atoms with Crippen molar-refractivity contribution in [3.8, 4) is 11.3 Å². The number of aromatic nitrogens is 4. The van der Waals surface area contributed by atoms with E-state index >= 15 is 0 Å². The van der Waals surface area contributed by atoms with Crippen molar-refractivity contribution in [3.63, 3.8) is 0 Å². The lowest BCUT2D eigenvalue weighted by Gasteiger charge is -2.33. The van der Waals surface area contributed by atoms with E-state index < -0.39 is 17.5 Å². The van der Waals surface area contributed by atoms with Gasteiger partial charge in [0.2, 0.25) is 0 Å². The first-order valence-corrected chi connectivity index (χ1v) is 9.79. The summed E-state index contributed by atoms with van der Waals surface area (Å²) in [6, 6.07) is 5.14. The first kappa shape index (κ1) is 19.3. The second-order valence-corrected chi connectivity index (χ2v) is 7.62. The molecule has 0 saturated carbocycles. The SMILES string of the molecule is C[C@H]1c2nn(C)c(-c3cc(F)c(F)c(F)c3)c2CCN1C(=O)c1cccn2cncc12. The van der Waals surface area contributed by atoms with E-state index in [0.717, 1.165) is 17.7 Å². The molecule has 1 aliphatic rings. The molecule has 158 valence electrons. The Labute approximate surface area is 175 Å². The molecule has 31 heavy (non-hydrogen) atoms. The summed E-state index contributed by atoms with van der Waals surface area (Å²) >= 11 is 0. The summed E-state index contributed by atoms with van der Waals surface area (Å²) in [5.41, 5.74) is 3.43. The summed E-state index contributed by atoms with van der Waals surface area (Å²) in [6.07, 6.45) is 5.56. The van der Waals surface area contributed by atoms with Crippen LogP contribution in [0.5, 0.6) is 0 Å². The second-order valence-electron chi connectivity index (χ2n) is 7.62. The molecule has 0 spiro atoms. The van der Waals surface area contributed by atoms with E-state index in [-0.39, 0.29) is 17.5 Å². The number of carbonyl (C=O) groups excluding carboxylic acids is 1. The molecule has 0 aliphatic carbocycles. The number of carbonyl (C=O) groups is 1. The smallest absolute Gasteiger partial charge is 0.256 e. The van der Waals surface area contributed by atoms with Gasteiger partial charge in [0.05, 0.1) is 41.0 Å². The fourth-order valence-corrected chi connectivity index (χ4v) is 4.36. The highest BCUT2D eigenvalue weighted by atomic mass is 19.2. The number of nitrogens with zero attached hydrogens (tertiary/aromatic N) is 5. The third-order valence-corrected chi connectivity index (χ3v) is 5.84. The molecule has 5 rings (SSSR count). The van der Waals surface area contributed by atoms with Gasteiger partial charge in [-0.05, 0) is 37.6 Å². The highest BCUT2D eigenvalue weighted by Crippen LogP contribution is 2.37. The van der Waals surface area contributed by atoms with Gasteiger partial charge in [-0.25, -0.2) is 18.2 Å². The van der Waals surface area contributed by atoms with Gasteiger partial charge in [0, 0.05) is 30.9 Å². The molecule has 1 aliphatic heterocycles. The van der Waals surface area contributed by atoms with Gasteiger partial charge in [-0.3, -0.25) is 9.48 Å². The zero-order chi connectivity index (χ0) is 21.9. The summed E-state index contributed by atoms with van der Waals surface area (Å²) in [5, 5.41) is 4.54. The van der Waals surface area contributed by atoms with Gasteiger partial charge in [-0.2, -0.15) is 5.10 Å². The Kier molecular flexibility index (Phi) is 4.35. The van der Waals surface area contributed by atoms with Gasteiger partial charge in [-0.15, -0.1) is 0 Å². The van der Waals surface area contributed by atoms with Crippen LogP contribution in [0.1, 0.15) is 34.6 Å². The van der Waals surface area contributed by atoms with E-state index in [1.165, 1.54) is 4.68 Å². The van der Waals surface area contributed by atoms with E-state index in [9.17, 15) is 18.0 Å². The number of rotatable bonds is 2. The Hall–Kier alpha value is -3.62. The molecule has 1 amide bonds. The average Bonchev–Trinajstić information content (AvgIpc) is 3.35. The minimum atomic E-state index is -1.50. The highest BCUT2D eigenvalue weighted by molar-refractivity contribution is 6.01. The maximum absolute atomic E-state index is 13.8. The molecule has 0 fully saturated rings. The van der Waals surface area contributed by atoms with Crippen LogP contribution in [0, 0.1) is 17.5 Å². The van der Waals surface area contributed by atoms with Crippen molar-refractivity contribution in [2.75, 3.05) is 6.54 Å². The number of halogens is 3. The molecule has 0 bridgehead atoms. The first-order chi connectivity index (χ1) is 14.9. The number of benzene rings is 1. The van der Waals surface area contributed by atoms with Crippen molar-refractivity contribution >= 4 is 11.4 Å². The Morgan fingerprint density at radius 2 is 1.94 bits per heavy atom. The van der Waals surface area contributed by atoms with Crippen molar-refractivity contribution in [2.24, 2.45) is 7.05 Å². The van der Waals surface area contributed by atoms with E-state index in [4.69, 9.17) is 0 Å². The molecule has 4 heterocycles. The monoisotopic (exact) mass is 425 g/mol. The minimum Gasteiger partial charge on any atom is -0.330 e. The van der Waals surface area contributed by atoms with Crippen molar-refractivity contribution in [1.82, 2.24) is 24.1 Å². The van der Waals surface area contributed by atoms with Crippen LogP contribution in [0.2, 0.25) is 0 Å². The van der Waals surface area contributed by atoms with Gasteiger partial charge < -0.3 is 9.30 Å². The van der Waals surface area contributed by atoms with Crippen LogP contribution in [-0.2, 0) is 13.5 Å². The molecule has 0 N–H and O–H groups in total. The third kappa shape index (κ3) is 2.91. The predicted molar refractivity (Wildman–Crippen MR) is 107 cm³/mol.